The molecule has 0 saturated carbocycles. The third-order valence-corrected chi connectivity index (χ3v) is 7.58. The van der Waals surface area contributed by atoms with E-state index in [0.29, 0.717) is 56.8 Å². The summed E-state index contributed by atoms with van der Waals surface area (Å²) in [6.07, 6.45) is 1.82. The smallest absolute Gasteiger partial charge is 0.271 e. The number of hydrogen-bond donors (Lipinski definition) is 1. The molecular formula is C30H25N3O5S. The van der Waals surface area contributed by atoms with Crippen molar-refractivity contribution in [2.75, 3.05) is 25.6 Å². The maximum atomic E-state index is 13.9. The van der Waals surface area contributed by atoms with Gasteiger partial charge in [-0.15, -0.1) is 0 Å². The summed E-state index contributed by atoms with van der Waals surface area (Å²) >= 11 is 1.29. The Hall–Kier alpha value is -4.63. The lowest BCUT2D eigenvalue weighted by atomic mass is 9.95. The van der Waals surface area contributed by atoms with Crippen molar-refractivity contribution in [2.24, 2.45) is 4.99 Å². The van der Waals surface area contributed by atoms with Crippen LogP contribution in [0.15, 0.2) is 93.9 Å². The van der Waals surface area contributed by atoms with E-state index in [-0.39, 0.29) is 11.5 Å². The Kier molecular flexibility index (Phi) is 6.50. The molecular weight excluding hydrogens is 514 g/mol. The molecule has 0 aliphatic carbocycles. The maximum Gasteiger partial charge on any atom is 0.271 e. The van der Waals surface area contributed by atoms with Crippen LogP contribution in [0.5, 0.6) is 17.2 Å². The number of nitrogens with one attached hydrogen (secondary N) is 1. The van der Waals surface area contributed by atoms with Crippen molar-refractivity contribution in [2.45, 2.75) is 13.0 Å². The molecule has 0 bridgehead atoms. The maximum absolute atomic E-state index is 13.9. The lowest BCUT2D eigenvalue weighted by molar-refractivity contribution is -0.113. The van der Waals surface area contributed by atoms with Crippen LogP contribution in [-0.2, 0) is 4.79 Å². The summed E-state index contributed by atoms with van der Waals surface area (Å²) in [5.41, 5.74) is 2.97. The first-order chi connectivity index (χ1) is 19.0. The van der Waals surface area contributed by atoms with Crippen molar-refractivity contribution in [3.05, 3.63) is 115 Å². The van der Waals surface area contributed by atoms with Gasteiger partial charge >= 0.3 is 0 Å². The van der Waals surface area contributed by atoms with Crippen LogP contribution < -0.4 is 34.4 Å². The summed E-state index contributed by atoms with van der Waals surface area (Å²) in [6, 6.07) is 21.5. The van der Waals surface area contributed by atoms with Crippen molar-refractivity contribution >= 4 is 29.0 Å². The molecule has 9 heteroatoms. The number of benzene rings is 3. The van der Waals surface area contributed by atoms with Gasteiger partial charge in [0.25, 0.3) is 11.5 Å². The summed E-state index contributed by atoms with van der Waals surface area (Å²) in [5, 5.41) is 2.96. The van der Waals surface area contributed by atoms with Crippen LogP contribution in [0.4, 0.5) is 5.69 Å². The largest absolute Gasteiger partial charge is 0.497 e. The first kappa shape index (κ1) is 24.7. The van der Waals surface area contributed by atoms with Gasteiger partial charge in [-0.25, -0.2) is 4.99 Å². The molecule has 3 aromatic carbocycles. The van der Waals surface area contributed by atoms with Crippen molar-refractivity contribution < 1.29 is 19.0 Å². The first-order valence-electron chi connectivity index (χ1n) is 12.4. The number of ether oxygens (including phenoxy) is 3. The minimum atomic E-state index is -0.668. The van der Waals surface area contributed by atoms with Crippen molar-refractivity contribution in [3.8, 4) is 17.2 Å². The predicted octanol–water partition coefficient (Wildman–Crippen LogP) is 3.65. The van der Waals surface area contributed by atoms with Gasteiger partial charge < -0.3 is 19.5 Å². The van der Waals surface area contributed by atoms with Crippen LogP contribution in [-0.4, -0.2) is 30.8 Å². The van der Waals surface area contributed by atoms with Gasteiger partial charge in [0.1, 0.15) is 19.0 Å². The number of allylic oxidation sites excluding steroid dienone is 1. The van der Waals surface area contributed by atoms with Crippen LogP contribution in [0.25, 0.3) is 6.08 Å². The molecule has 3 heterocycles. The summed E-state index contributed by atoms with van der Waals surface area (Å²) in [5.74, 6) is 1.70. The molecule has 39 heavy (non-hydrogen) atoms. The SMILES string of the molecule is COc1ccc(C2C(C(=O)Nc3ccccc3)=C(C)N=c3s/c(=C\c4ccc5c(c4)OCCO5)c(=O)n32)cc1. The highest BCUT2D eigenvalue weighted by molar-refractivity contribution is 7.07. The van der Waals surface area contributed by atoms with E-state index in [1.54, 1.807) is 18.6 Å². The van der Waals surface area contributed by atoms with Gasteiger partial charge in [-0.3, -0.25) is 14.2 Å². The van der Waals surface area contributed by atoms with Gasteiger partial charge in [0, 0.05) is 5.69 Å². The number of nitrogens with zero attached hydrogens (tertiary/aromatic N) is 2. The fraction of sp³-hybridized carbons (Fsp3) is 0.167. The van der Waals surface area contributed by atoms with E-state index in [2.05, 4.69) is 5.32 Å². The molecule has 1 N–H and O–H groups in total. The monoisotopic (exact) mass is 539 g/mol. The van der Waals surface area contributed by atoms with Gasteiger partial charge in [0.15, 0.2) is 16.3 Å². The Balaban J connectivity index is 1.48. The number of rotatable bonds is 5. The average molecular weight is 540 g/mol. The van der Waals surface area contributed by atoms with E-state index in [4.69, 9.17) is 19.2 Å². The number of para-hydroxylation sites is 1. The molecule has 196 valence electrons. The molecule has 1 amide bonds. The molecule has 1 unspecified atom stereocenters. The van der Waals surface area contributed by atoms with Crippen molar-refractivity contribution in [3.63, 3.8) is 0 Å². The molecule has 6 rings (SSSR count). The zero-order valence-corrected chi connectivity index (χ0v) is 22.2. The number of amides is 1. The highest BCUT2D eigenvalue weighted by Gasteiger charge is 2.32. The van der Waals surface area contributed by atoms with Crippen LogP contribution >= 0.6 is 11.3 Å². The van der Waals surface area contributed by atoms with E-state index in [1.165, 1.54) is 11.3 Å². The van der Waals surface area contributed by atoms with Crippen LogP contribution in [0.1, 0.15) is 24.1 Å². The molecule has 0 fully saturated rings. The third-order valence-electron chi connectivity index (χ3n) is 6.59. The number of thiazole rings is 1. The fourth-order valence-electron chi connectivity index (χ4n) is 4.73. The standard InChI is InChI=1S/C30H25N3O5S/c1-18-26(28(34)32-21-6-4-3-5-7-21)27(20-9-11-22(36-2)12-10-20)33-29(35)25(39-30(33)31-18)17-19-8-13-23-24(16-19)38-15-14-37-23/h3-13,16-17,27H,14-15H2,1-2H3,(H,32,34)/b25-17-. The Bertz CT molecular complexity index is 1770. The highest BCUT2D eigenvalue weighted by Crippen LogP contribution is 2.32. The average Bonchev–Trinajstić information content (AvgIpc) is 3.26. The Morgan fingerprint density at radius 3 is 2.54 bits per heavy atom. The second-order valence-electron chi connectivity index (χ2n) is 9.08. The van der Waals surface area contributed by atoms with E-state index in [1.807, 2.05) is 78.9 Å². The van der Waals surface area contributed by atoms with E-state index >= 15 is 0 Å². The van der Waals surface area contributed by atoms with Gasteiger partial charge in [-0.1, -0.05) is 47.7 Å². The third kappa shape index (κ3) is 4.72. The molecule has 0 spiro atoms. The topological polar surface area (TPSA) is 91.2 Å². The van der Waals surface area contributed by atoms with Crippen molar-refractivity contribution in [1.82, 2.24) is 4.57 Å². The Labute approximate surface area is 228 Å². The molecule has 0 radical (unpaired) electrons. The van der Waals surface area contributed by atoms with Crippen LogP contribution in [0, 0.1) is 0 Å². The van der Waals surface area contributed by atoms with Gasteiger partial charge in [0.05, 0.1) is 29.0 Å². The number of carbonyl (C=O) groups is 1. The fourth-order valence-corrected chi connectivity index (χ4v) is 5.78. The van der Waals surface area contributed by atoms with E-state index in [9.17, 15) is 9.59 Å². The second-order valence-corrected chi connectivity index (χ2v) is 10.1. The Morgan fingerprint density at radius 1 is 1.05 bits per heavy atom. The lowest BCUT2D eigenvalue weighted by Gasteiger charge is -2.25. The summed E-state index contributed by atoms with van der Waals surface area (Å²) in [4.78, 5) is 32.8. The van der Waals surface area contributed by atoms with E-state index < -0.39 is 6.04 Å². The number of aromatic nitrogens is 1. The zero-order valence-electron chi connectivity index (χ0n) is 21.3. The molecule has 1 aromatic heterocycles. The lowest BCUT2D eigenvalue weighted by Crippen LogP contribution is -2.40. The number of fused-ring (bicyclic) bond motifs is 2. The summed E-state index contributed by atoms with van der Waals surface area (Å²) < 4.78 is 18.8. The van der Waals surface area contributed by atoms with Gasteiger partial charge in [-0.05, 0) is 60.5 Å². The normalized spacial score (nSPS) is 16.4. The molecule has 0 saturated heterocycles. The molecule has 2 aliphatic rings. The number of hydrogen-bond acceptors (Lipinski definition) is 7. The molecule has 1 atom stereocenters. The molecule has 2 aliphatic heterocycles. The molecule has 4 aromatic rings. The van der Waals surface area contributed by atoms with Crippen molar-refractivity contribution in [1.29, 1.82) is 0 Å². The van der Waals surface area contributed by atoms with Gasteiger partial charge in [0.2, 0.25) is 0 Å². The first-order valence-corrected chi connectivity index (χ1v) is 13.3. The van der Waals surface area contributed by atoms with Crippen LogP contribution in [0.2, 0.25) is 0 Å². The summed E-state index contributed by atoms with van der Waals surface area (Å²) in [6.45, 7) is 2.79. The van der Waals surface area contributed by atoms with Gasteiger partial charge in [-0.2, -0.15) is 0 Å². The highest BCUT2D eigenvalue weighted by atomic mass is 32.1. The predicted molar refractivity (Wildman–Crippen MR) is 149 cm³/mol. The van der Waals surface area contributed by atoms with Crippen LogP contribution in [0.3, 0.4) is 0 Å². The number of anilines is 1. The number of carbonyl (C=O) groups excluding carboxylic acids is 1. The zero-order chi connectivity index (χ0) is 26.9. The second kappa shape index (κ2) is 10.3. The van der Waals surface area contributed by atoms with E-state index in [0.717, 1.165) is 11.1 Å². The molecule has 8 nitrogen and oxygen atoms in total. The Morgan fingerprint density at radius 2 is 1.79 bits per heavy atom. The minimum absolute atomic E-state index is 0.230. The minimum Gasteiger partial charge on any atom is -0.497 e. The summed E-state index contributed by atoms with van der Waals surface area (Å²) in [7, 11) is 1.60. The quantitative estimate of drug-likeness (QED) is 0.418. The number of methoxy groups -OCH3 is 1.